The fourth-order valence-corrected chi connectivity index (χ4v) is 3.11. The number of aliphatic hydroxyl groups excluding tert-OH is 1. The van der Waals surface area contributed by atoms with E-state index in [-0.39, 0.29) is 0 Å². The van der Waals surface area contributed by atoms with Crippen molar-refractivity contribution in [1.82, 2.24) is 0 Å². The lowest BCUT2D eigenvalue weighted by atomic mass is 9.98. The lowest BCUT2D eigenvalue weighted by Gasteiger charge is -2.32. The average Bonchev–Trinajstić information content (AvgIpc) is 2.45. The number of quaternary nitrogens is 1. The van der Waals surface area contributed by atoms with Crippen LogP contribution in [0.4, 0.5) is 0 Å². The molecule has 2 atom stereocenters. The maximum atomic E-state index is 9.50. The number of likely N-dealkylation sites (tertiary alicyclic amines) is 1. The van der Waals surface area contributed by atoms with E-state index in [9.17, 15) is 5.11 Å². The molecular weight excluding hydrogens is 238 g/mol. The Morgan fingerprint density at radius 2 is 2.05 bits per heavy atom. The lowest BCUT2D eigenvalue weighted by Crippen LogP contribution is -3.16. The minimum absolute atomic E-state index is 0.309. The first-order valence-electron chi connectivity index (χ1n) is 7.26. The van der Waals surface area contributed by atoms with Gasteiger partial charge < -0.3 is 14.7 Å². The maximum Gasteiger partial charge on any atom is 0.122 e. The molecule has 0 aromatic heterocycles. The van der Waals surface area contributed by atoms with Gasteiger partial charge >= 0.3 is 0 Å². The maximum absolute atomic E-state index is 9.50. The zero-order valence-corrected chi connectivity index (χ0v) is 12.3. The third-order valence-electron chi connectivity index (χ3n) is 4.59. The summed E-state index contributed by atoms with van der Waals surface area (Å²) in [7, 11) is 1.72. The molecule has 0 radical (unpaired) electrons. The molecule has 3 nitrogen and oxygen atoms in total. The van der Waals surface area contributed by atoms with E-state index in [0.717, 1.165) is 18.7 Å². The van der Waals surface area contributed by atoms with E-state index in [2.05, 4.69) is 26.0 Å². The summed E-state index contributed by atoms with van der Waals surface area (Å²) >= 11 is 0. The molecule has 0 spiro atoms. The highest BCUT2D eigenvalue weighted by Gasteiger charge is 2.26. The quantitative estimate of drug-likeness (QED) is 0.858. The second kappa shape index (κ2) is 6.40. The molecule has 1 heterocycles. The summed E-state index contributed by atoms with van der Waals surface area (Å²) in [5.41, 5.74) is 3.94. The van der Waals surface area contributed by atoms with Crippen LogP contribution in [-0.2, 0) is 6.54 Å². The van der Waals surface area contributed by atoms with E-state index in [1.54, 1.807) is 7.11 Å². The van der Waals surface area contributed by atoms with Crippen molar-refractivity contribution in [3.8, 4) is 5.75 Å². The van der Waals surface area contributed by atoms with Gasteiger partial charge in [0.05, 0.1) is 20.3 Å². The van der Waals surface area contributed by atoms with Crippen LogP contribution < -0.4 is 9.64 Å². The Bertz CT molecular complexity index is 431. The average molecular weight is 264 g/mol. The van der Waals surface area contributed by atoms with E-state index in [1.807, 2.05) is 0 Å². The molecule has 1 aliphatic heterocycles. The molecule has 2 N–H and O–H groups in total. The standard InChI is InChI=1S/C16H25NO2/c1-12-13(2)16(19-3)8-7-14(12)10-17-9-5-4-6-15(17)11-18/h7-8,15,18H,4-6,9-11H2,1-3H3/p+1/t15-/m1/s1. The van der Waals surface area contributed by atoms with E-state index in [0.29, 0.717) is 12.6 Å². The van der Waals surface area contributed by atoms with E-state index in [1.165, 1.54) is 41.0 Å². The third-order valence-corrected chi connectivity index (χ3v) is 4.59. The number of rotatable bonds is 4. The monoisotopic (exact) mass is 264 g/mol. The van der Waals surface area contributed by atoms with Crippen LogP contribution in [0.3, 0.4) is 0 Å². The lowest BCUT2D eigenvalue weighted by molar-refractivity contribution is -0.944. The smallest absolute Gasteiger partial charge is 0.122 e. The van der Waals surface area contributed by atoms with Gasteiger partial charge in [0.1, 0.15) is 18.3 Å². The number of aliphatic hydroxyl groups is 1. The first kappa shape index (κ1) is 14.4. The molecule has 1 saturated heterocycles. The number of benzene rings is 1. The molecular formula is C16H26NO2+. The van der Waals surface area contributed by atoms with Crippen molar-refractivity contribution in [2.45, 2.75) is 45.7 Å². The van der Waals surface area contributed by atoms with Gasteiger partial charge in [-0.3, -0.25) is 0 Å². The highest BCUT2D eigenvalue weighted by atomic mass is 16.5. The highest BCUT2D eigenvalue weighted by Crippen LogP contribution is 2.23. The summed E-state index contributed by atoms with van der Waals surface area (Å²) in [6, 6.07) is 4.65. The van der Waals surface area contributed by atoms with Gasteiger partial charge in [0, 0.05) is 12.0 Å². The molecule has 2 rings (SSSR count). The van der Waals surface area contributed by atoms with E-state index in [4.69, 9.17) is 4.74 Å². The molecule has 106 valence electrons. The molecule has 0 amide bonds. The zero-order chi connectivity index (χ0) is 13.8. The van der Waals surface area contributed by atoms with Crippen molar-refractivity contribution in [1.29, 1.82) is 0 Å². The molecule has 1 unspecified atom stereocenters. The van der Waals surface area contributed by atoms with Crippen LogP contribution in [0.1, 0.15) is 36.0 Å². The number of piperidine rings is 1. The Hall–Kier alpha value is -1.06. The predicted molar refractivity (Wildman–Crippen MR) is 76.7 cm³/mol. The van der Waals surface area contributed by atoms with Gasteiger partial charge in [-0.15, -0.1) is 0 Å². The van der Waals surface area contributed by atoms with Gasteiger partial charge in [-0.05, 0) is 49.9 Å². The van der Waals surface area contributed by atoms with Crippen molar-refractivity contribution < 1.29 is 14.7 Å². The van der Waals surface area contributed by atoms with Crippen LogP contribution in [0, 0.1) is 13.8 Å². The Morgan fingerprint density at radius 1 is 1.26 bits per heavy atom. The van der Waals surface area contributed by atoms with Crippen LogP contribution in [0.25, 0.3) is 0 Å². The van der Waals surface area contributed by atoms with E-state index < -0.39 is 0 Å². The second-order valence-corrected chi connectivity index (χ2v) is 5.64. The fourth-order valence-electron chi connectivity index (χ4n) is 3.11. The van der Waals surface area contributed by atoms with E-state index >= 15 is 0 Å². The predicted octanol–water partition coefficient (Wildman–Crippen LogP) is 1.24. The number of methoxy groups -OCH3 is 1. The highest BCUT2D eigenvalue weighted by molar-refractivity contribution is 5.43. The second-order valence-electron chi connectivity index (χ2n) is 5.64. The summed E-state index contributed by atoms with van der Waals surface area (Å²) in [6.45, 7) is 6.79. The van der Waals surface area contributed by atoms with Gasteiger partial charge in [0.25, 0.3) is 0 Å². The Labute approximate surface area is 116 Å². The zero-order valence-electron chi connectivity index (χ0n) is 12.3. The SMILES string of the molecule is COc1ccc(C[NH+]2CCCC[C@@H]2CO)c(C)c1C. The molecule has 0 saturated carbocycles. The molecule has 1 fully saturated rings. The van der Waals surface area contributed by atoms with Crippen LogP contribution in [0.2, 0.25) is 0 Å². The van der Waals surface area contributed by atoms with Crippen molar-refractivity contribution in [2.75, 3.05) is 20.3 Å². The molecule has 0 bridgehead atoms. The largest absolute Gasteiger partial charge is 0.496 e. The number of nitrogens with one attached hydrogen (secondary N) is 1. The minimum atomic E-state index is 0.309. The first-order chi connectivity index (χ1) is 9.17. The van der Waals surface area contributed by atoms with Crippen molar-refractivity contribution in [2.24, 2.45) is 0 Å². The van der Waals surface area contributed by atoms with Crippen molar-refractivity contribution >= 4 is 0 Å². The Kier molecular flexibility index (Phi) is 4.83. The molecule has 19 heavy (non-hydrogen) atoms. The Morgan fingerprint density at radius 3 is 2.74 bits per heavy atom. The van der Waals surface area contributed by atoms with Crippen LogP contribution in [-0.4, -0.2) is 31.4 Å². The third kappa shape index (κ3) is 3.10. The topological polar surface area (TPSA) is 33.9 Å². The fraction of sp³-hybridized carbons (Fsp3) is 0.625. The van der Waals surface area contributed by atoms with Gasteiger partial charge in [0.15, 0.2) is 0 Å². The van der Waals surface area contributed by atoms with Gasteiger partial charge in [0.2, 0.25) is 0 Å². The number of hydrogen-bond donors (Lipinski definition) is 2. The molecule has 1 aromatic rings. The van der Waals surface area contributed by atoms with Crippen molar-refractivity contribution in [3.05, 3.63) is 28.8 Å². The first-order valence-corrected chi connectivity index (χ1v) is 7.26. The summed E-state index contributed by atoms with van der Waals surface area (Å²) in [4.78, 5) is 1.53. The molecule has 3 heteroatoms. The summed E-state index contributed by atoms with van der Waals surface area (Å²) < 4.78 is 5.37. The normalized spacial score (nSPS) is 23.4. The minimum Gasteiger partial charge on any atom is -0.496 e. The van der Waals surface area contributed by atoms with Gasteiger partial charge in [-0.2, -0.15) is 0 Å². The van der Waals surface area contributed by atoms with Gasteiger partial charge in [-0.1, -0.05) is 0 Å². The van der Waals surface area contributed by atoms with Crippen LogP contribution in [0.15, 0.2) is 12.1 Å². The molecule has 1 aliphatic rings. The summed E-state index contributed by atoms with van der Waals surface area (Å²) in [5, 5.41) is 9.50. The Balaban J connectivity index is 2.16. The molecule has 1 aromatic carbocycles. The van der Waals surface area contributed by atoms with Crippen molar-refractivity contribution in [3.63, 3.8) is 0 Å². The molecule has 0 aliphatic carbocycles. The van der Waals surface area contributed by atoms with Crippen LogP contribution in [0.5, 0.6) is 5.75 Å². The van der Waals surface area contributed by atoms with Crippen LogP contribution >= 0.6 is 0 Å². The van der Waals surface area contributed by atoms with Gasteiger partial charge in [-0.25, -0.2) is 0 Å². The number of hydrogen-bond acceptors (Lipinski definition) is 2. The summed E-state index contributed by atoms with van der Waals surface area (Å²) in [6.07, 6.45) is 3.69. The number of ether oxygens (including phenoxy) is 1. The summed E-state index contributed by atoms with van der Waals surface area (Å²) in [5.74, 6) is 0.966.